The quantitative estimate of drug-likeness (QED) is 0.535. The number of nitrogens with one attached hydrogen (secondary N) is 2. The van der Waals surface area contributed by atoms with Crippen LogP contribution in [0, 0.1) is 0 Å². The summed E-state index contributed by atoms with van der Waals surface area (Å²) in [6.45, 7) is 0.734. The summed E-state index contributed by atoms with van der Waals surface area (Å²) in [6, 6.07) is 4.61. The Bertz CT molecular complexity index is 796. The molecule has 1 aliphatic heterocycles. The van der Waals surface area contributed by atoms with Crippen LogP contribution in [0.4, 0.5) is 0 Å². The minimum Gasteiger partial charge on any atom is -0.454 e. The summed E-state index contributed by atoms with van der Waals surface area (Å²) in [5.74, 6) is -2.04. The Morgan fingerprint density at radius 2 is 1.88 bits per heavy atom. The van der Waals surface area contributed by atoms with Crippen molar-refractivity contribution in [3.63, 3.8) is 0 Å². The number of rotatable bonds is 5. The highest BCUT2D eigenvalue weighted by molar-refractivity contribution is 7.89. The van der Waals surface area contributed by atoms with Gasteiger partial charge in [-0.25, -0.2) is 8.42 Å². The van der Waals surface area contributed by atoms with Crippen LogP contribution < -0.4 is 10.9 Å². The van der Waals surface area contributed by atoms with Gasteiger partial charge in [0.2, 0.25) is 15.9 Å². The van der Waals surface area contributed by atoms with Crippen molar-refractivity contribution < 1.29 is 27.5 Å². The lowest BCUT2D eigenvalue weighted by Crippen LogP contribution is -2.45. The molecule has 2 amide bonds. The van der Waals surface area contributed by atoms with E-state index in [2.05, 4.69) is 5.43 Å². The average molecular weight is 404 g/mol. The van der Waals surface area contributed by atoms with Crippen molar-refractivity contribution in [2.45, 2.75) is 30.7 Å². The normalized spacial score (nSPS) is 17.5. The number of carbonyl (C=O) groups excluding carboxylic acids is 3. The van der Waals surface area contributed by atoms with E-state index in [-0.39, 0.29) is 11.4 Å². The van der Waals surface area contributed by atoms with E-state index in [4.69, 9.17) is 16.3 Å². The minimum atomic E-state index is -3.89. The first-order valence-corrected chi connectivity index (χ1v) is 9.53. The van der Waals surface area contributed by atoms with Crippen LogP contribution in [-0.4, -0.2) is 49.7 Å². The minimum absolute atomic E-state index is 0.0185. The van der Waals surface area contributed by atoms with Gasteiger partial charge in [0.05, 0.1) is 4.90 Å². The fourth-order valence-corrected chi connectivity index (χ4v) is 4.20. The topological polar surface area (TPSA) is 122 Å². The molecule has 2 rings (SSSR count). The Balaban J connectivity index is 2.02. The molecule has 0 spiro atoms. The number of hydrazine groups is 1. The molecule has 0 radical (unpaired) electrons. The molecule has 1 heterocycles. The Labute approximate surface area is 155 Å². The van der Waals surface area contributed by atoms with Crippen molar-refractivity contribution >= 4 is 39.4 Å². The molecule has 142 valence electrons. The first-order chi connectivity index (χ1) is 12.2. The van der Waals surface area contributed by atoms with Crippen LogP contribution in [0.3, 0.4) is 0 Å². The second-order valence-electron chi connectivity index (χ2n) is 5.56. The van der Waals surface area contributed by atoms with Gasteiger partial charge in [-0.15, -0.1) is 0 Å². The summed E-state index contributed by atoms with van der Waals surface area (Å²) < 4.78 is 31.4. The Morgan fingerprint density at radius 1 is 1.23 bits per heavy atom. The molecule has 11 heteroatoms. The maximum atomic E-state index is 12.7. The zero-order valence-corrected chi connectivity index (χ0v) is 15.5. The summed E-state index contributed by atoms with van der Waals surface area (Å²) in [6.07, 6.45) is 0.781. The molecule has 0 saturated carbocycles. The summed E-state index contributed by atoms with van der Waals surface area (Å²) in [4.78, 5) is 34.4. The fraction of sp³-hybridized carbons (Fsp3) is 0.400. The molecule has 1 fully saturated rings. The van der Waals surface area contributed by atoms with Crippen LogP contribution in [0.2, 0.25) is 5.02 Å². The molecular weight excluding hydrogens is 386 g/mol. The largest absolute Gasteiger partial charge is 0.454 e. The van der Waals surface area contributed by atoms with Gasteiger partial charge in [0.25, 0.3) is 5.91 Å². The molecule has 1 aliphatic rings. The number of esters is 1. The molecule has 1 atom stereocenters. The number of amides is 2. The predicted molar refractivity (Wildman–Crippen MR) is 91.3 cm³/mol. The van der Waals surface area contributed by atoms with E-state index >= 15 is 0 Å². The van der Waals surface area contributed by atoms with Crippen molar-refractivity contribution in [1.29, 1.82) is 0 Å². The summed E-state index contributed by atoms with van der Waals surface area (Å²) in [5.41, 5.74) is 4.09. The zero-order valence-electron chi connectivity index (χ0n) is 13.9. The van der Waals surface area contributed by atoms with Crippen LogP contribution in [-0.2, 0) is 29.1 Å². The van der Waals surface area contributed by atoms with Gasteiger partial charge in [-0.05, 0) is 37.1 Å². The van der Waals surface area contributed by atoms with Crippen molar-refractivity contribution in [2.75, 3.05) is 13.2 Å². The van der Waals surface area contributed by atoms with E-state index in [9.17, 15) is 22.8 Å². The summed E-state index contributed by atoms with van der Waals surface area (Å²) in [5, 5.41) is 0.395. The van der Waals surface area contributed by atoms with Crippen LogP contribution in [0.15, 0.2) is 29.2 Å². The average Bonchev–Trinajstić information content (AvgIpc) is 3.09. The zero-order chi connectivity index (χ0) is 19.3. The third kappa shape index (κ3) is 4.93. The molecule has 1 aromatic rings. The third-order valence-corrected chi connectivity index (χ3v) is 5.79. The number of benzene rings is 1. The Kier molecular flexibility index (Phi) is 6.57. The highest BCUT2D eigenvalue weighted by atomic mass is 35.5. The number of ether oxygens (including phenoxy) is 1. The van der Waals surface area contributed by atoms with Crippen LogP contribution in [0.1, 0.15) is 19.8 Å². The van der Waals surface area contributed by atoms with E-state index in [0.717, 1.165) is 4.31 Å². The molecule has 0 aromatic heterocycles. The smallest absolute Gasteiger partial charge is 0.324 e. The van der Waals surface area contributed by atoms with Crippen LogP contribution >= 0.6 is 11.6 Å². The van der Waals surface area contributed by atoms with Crippen molar-refractivity contribution in [1.82, 2.24) is 15.2 Å². The van der Waals surface area contributed by atoms with E-state index in [1.54, 1.807) is 0 Å². The molecule has 2 N–H and O–H groups in total. The van der Waals surface area contributed by atoms with Gasteiger partial charge in [-0.1, -0.05) is 11.6 Å². The number of sulfonamides is 1. The third-order valence-electron chi connectivity index (χ3n) is 3.62. The molecule has 0 aliphatic carbocycles. The van der Waals surface area contributed by atoms with Gasteiger partial charge < -0.3 is 4.74 Å². The summed E-state index contributed by atoms with van der Waals surface area (Å²) >= 11 is 5.77. The second kappa shape index (κ2) is 8.47. The molecule has 9 nitrogen and oxygen atoms in total. The van der Waals surface area contributed by atoms with E-state index in [1.165, 1.54) is 31.2 Å². The van der Waals surface area contributed by atoms with Crippen molar-refractivity contribution in [3.8, 4) is 0 Å². The molecular formula is C15H18ClN3O6S. The molecule has 1 saturated heterocycles. The van der Waals surface area contributed by atoms with Gasteiger partial charge in [-0.2, -0.15) is 4.31 Å². The molecule has 1 aromatic carbocycles. The first-order valence-electron chi connectivity index (χ1n) is 7.71. The van der Waals surface area contributed by atoms with Gasteiger partial charge in [-0.3, -0.25) is 25.2 Å². The highest BCUT2D eigenvalue weighted by Crippen LogP contribution is 2.27. The SMILES string of the molecule is CC(=O)NNC(=O)COC(=O)[C@@H]1CCCN1S(=O)(=O)c1ccc(Cl)cc1. The number of halogens is 1. The van der Waals surface area contributed by atoms with Crippen molar-refractivity contribution in [3.05, 3.63) is 29.3 Å². The first kappa shape index (κ1) is 20.1. The molecule has 0 unspecified atom stereocenters. The number of hydrogen-bond donors (Lipinski definition) is 2. The molecule has 0 bridgehead atoms. The number of carbonyl (C=O) groups is 3. The fourth-order valence-electron chi connectivity index (χ4n) is 2.43. The van der Waals surface area contributed by atoms with Crippen LogP contribution in [0.5, 0.6) is 0 Å². The van der Waals surface area contributed by atoms with Gasteiger partial charge in [0, 0.05) is 18.5 Å². The summed E-state index contributed by atoms with van der Waals surface area (Å²) in [7, 11) is -3.89. The van der Waals surface area contributed by atoms with Gasteiger partial charge in [0.15, 0.2) is 6.61 Å². The predicted octanol–water partition coefficient (Wildman–Crippen LogP) is 0.204. The number of hydrogen-bond acceptors (Lipinski definition) is 6. The van der Waals surface area contributed by atoms with E-state index < -0.39 is 40.5 Å². The maximum absolute atomic E-state index is 12.7. The monoisotopic (exact) mass is 403 g/mol. The standard InChI is InChI=1S/C15H18ClN3O6S/c1-10(20)17-18-14(21)9-25-15(22)13-3-2-8-19(13)26(23,24)12-6-4-11(16)5-7-12/h4-7,13H,2-3,8-9H2,1H3,(H,17,20)(H,18,21)/t13-/m0/s1. The number of nitrogens with zero attached hydrogens (tertiary/aromatic N) is 1. The Morgan fingerprint density at radius 3 is 2.50 bits per heavy atom. The lowest BCUT2D eigenvalue weighted by atomic mass is 10.2. The van der Waals surface area contributed by atoms with Crippen molar-refractivity contribution in [2.24, 2.45) is 0 Å². The van der Waals surface area contributed by atoms with Gasteiger partial charge in [0.1, 0.15) is 6.04 Å². The second-order valence-corrected chi connectivity index (χ2v) is 7.89. The van der Waals surface area contributed by atoms with E-state index in [0.29, 0.717) is 17.9 Å². The van der Waals surface area contributed by atoms with E-state index in [1.807, 2.05) is 5.43 Å². The lowest BCUT2D eigenvalue weighted by molar-refractivity contribution is -0.152. The van der Waals surface area contributed by atoms with Crippen LogP contribution in [0.25, 0.3) is 0 Å². The lowest BCUT2D eigenvalue weighted by Gasteiger charge is -2.22. The maximum Gasteiger partial charge on any atom is 0.324 e. The Hall–Kier alpha value is -2.17. The highest BCUT2D eigenvalue weighted by Gasteiger charge is 2.40. The molecule has 26 heavy (non-hydrogen) atoms. The van der Waals surface area contributed by atoms with Gasteiger partial charge >= 0.3 is 5.97 Å².